The lowest BCUT2D eigenvalue weighted by atomic mass is 10.1. The Bertz CT molecular complexity index is 1130. The summed E-state index contributed by atoms with van der Waals surface area (Å²) >= 11 is 0. The number of nitrogens with zero attached hydrogens (tertiary/aromatic N) is 4. The first-order valence-electron chi connectivity index (χ1n) is 8.49. The topological polar surface area (TPSA) is 147 Å². The van der Waals surface area contributed by atoms with E-state index in [1.807, 2.05) is 0 Å². The Morgan fingerprint density at radius 1 is 0.933 bits per heavy atom. The Balaban J connectivity index is 1.68. The minimum atomic E-state index is -0.686. The molecule has 0 spiro atoms. The van der Waals surface area contributed by atoms with Gasteiger partial charge in [0.15, 0.2) is 5.82 Å². The van der Waals surface area contributed by atoms with Gasteiger partial charge in [-0.3, -0.25) is 25.0 Å². The zero-order valence-electron chi connectivity index (χ0n) is 15.5. The molecule has 0 aliphatic carbocycles. The van der Waals surface area contributed by atoms with Crippen LogP contribution in [-0.2, 0) is 18.4 Å². The number of hydrogen-bond acceptors (Lipinski definition) is 8. The van der Waals surface area contributed by atoms with Gasteiger partial charge in [0.2, 0.25) is 5.78 Å². The number of imidazole rings is 1. The van der Waals surface area contributed by atoms with Crippen molar-refractivity contribution in [1.29, 1.82) is 0 Å². The molecule has 30 heavy (non-hydrogen) atoms. The van der Waals surface area contributed by atoms with Gasteiger partial charge >= 0.3 is 5.97 Å². The lowest BCUT2D eigenvalue weighted by Crippen LogP contribution is -2.12. The Morgan fingerprint density at radius 2 is 1.43 bits per heavy atom. The number of ether oxygens (including phenoxy) is 1. The second kappa shape index (κ2) is 8.31. The van der Waals surface area contributed by atoms with Crippen LogP contribution in [0.5, 0.6) is 0 Å². The maximum Gasteiger partial charge on any atom is 0.338 e. The quantitative estimate of drug-likeness (QED) is 0.250. The molecule has 0 atom stereocenters. The molecule has 3 aromatic rings. The van der Waals surface area contributed by atoms with Crippen molar-refractivity contribution in [3.63, 3.8) is 0 Å². The number of carbonyl (C=O) groups is 2. The monoisotopic (exact) mass is 410 g/mol. The highest BCUT2D eigenvalue weighted by atomic mass is 16.6. The highest BCUT2D eigenvalue weighted by Gasteiger charge is 2.19. The van der Waals surface area contributed by atoms with Crippen molar-refractivity contribution in [2.45, 2.75) is 6.61 Å². The third kappa shape index (κ3) is 4.19. The summed E-state index contributed by atoms with van der Waals surface area (Å²) in [5.41, 5.74) is 0.530. The Labute approximate surface area is 168 Å². The van der Waals surface area contributed by atoms with Crippen molar-refractivity contribution >= 4 is 23.1 Å². The number of rotatable bonds is 7. The van der Waals surface area contributed by atoms with Gasteiger partial charge in [-0.1, -0.05) is 0 Å². The minimum Gasteiger partial charge on any atom is -0.456 e. The minimum absolute atomic E-state index is 0.0743. The molecular formula is C19H14N4O7. The molecule has 0 unspecified atom stereocenters. The maximum absolute atomic E-state index is 12.6. The molecule has 0 saturated heterocycles. The van der Waals surface area contributed by atoms with Gasteiger partial charge < -0.3 is 9.30 Å². The lowest BCUT2D eigenvalue weighted by molar-refractivity contribution is -0.385. The summed E-state index contributed by atoms with van der Waals surface area (Å²) in [6.07, 6.45) is 1.38. The van der Waals surface area contributed by atoms with Crippen molar-refractivity contribution in [3.05, 3.63) is 97.6 Å². The molecule has 0 aliphatic heterocycles. The van der Waals surface area contributed by atoms with E-state index in [4.69, 9.17) is 4.74 Å². The molecule has 0 aliphatic rings. The Kier molecular flexibility index (Phi) is 5.63. The number of non-ortho nitro benzene ring substituents is 2. The van der Waals surface area contributed by atoms with Crippen molar-refractivity contribution in [3.8, 4) is 0 Å². The largest absolute Gasteiger partial charge is 0.456 e. The molecule has 11 heteroatoms. The van der Waals surface area contributed by atoms with Crippen molar-refractivity contribution in [1.82, 2.24) is 9.55 Å². The van der Waals surface area contributed by atoms with Crippen molar-refractivity contribution in [2.24, 2.45) is 7.05 Å². The van der Waals surface area contributed by atoms with Gasteiger partial charge in [0.05, 0.1) is 27.3 Å². The second-order valence-corrected chi connectivity index (χ2v) is 6.15. The fraction of sp³-hybridized carbons (Fsp3) is 0.105. The summed E-state index contributed by atoms with van der Waals surface area (Å²) in [5.74, 6) is -1.06. The van der Waals surface area contributed by atoms with Gasteiger partial charge in [0.25, 0.3) is 11.4 Å². The lowest BCUT2D eigenvalue weighted by Gasteiger charge is -2.07. The molecule has 152 valence electrons. The zero-order valence-corrected chi connectivity index (χ0v) is 15.5. The highest BCUT2D eigenvalue weighted by Crippen LogP contribution is 2.17. The first-order valence-corrected chi connectivity index (χ1v) is 8.49. The van der Waals surface area contributed by atoms with E-state index in [0.717, 1.165) is 0 Å². The van der Waals surface area contributed by atoms with E-state index in [9.17, 15) is 29.8 Å². The number of carbonyl (C=O) groups excluding carboxylic acids is 2. The van der Waals surface area contributed by atoms with Crippen molar-refractivity contribution in [2.75, 3.05) is 0 Å². The normalized spacial score (nSPS) is 10.4. The predicted molar refractivity (Wildman–Crippen MR) is 102 cm³/mol. The van der Waals surface area contributed by atoms with Gasteiger partial charge in [-0.15, -0.1) is 0 Å². The standard InChI is InChI=1S/C19H14N4O7/c1-21-16(11-30-19(25)13-4-8-15(9-5-13)23(28)29)10-20-18(21)17(24)12-2-6-14(7-3-12)22(26)27/h2-10H,11H2,1H3. The average Bonchev–Trinajstić information content (AvgIpc) is 3.11. The molecule has 0 amide bonds. The fourth-order valence-corrected chi connectivity index (χ4v) is 2.60. The number of nitro groups is 2. The van der Waals surface area contributed by atoms with Crippen LogP contribution in [-0.4, -0.2) is 31.2 Å². The predicted octanol–water partition coefficient (Wildman–Crippen LogP) is 2.82. The van der Waals surface area contributed by atoms with E-state index in [1.54, 1.807) is 7.05 Å². The third-order valence-electron chi connectivity index (χ3n) is 4.29. The number of benzene rings is 2. The van der Waals surface area contributed by atoms with Crippen LogP contribution in [0.1, 0.15) is 32.2 Å². The average molecular weight is 410 g/mol. The summed E-state index contributed by atoms with van der Waals surface area (Å²) < 4.78 is 6.63. The zero-order chi connectivity index (χ0) is 21.8. The smallest absolute Gasteiger partial charge is 0.338 e. The summed E-state index contributed by atoms with van der Waals surface area (Å²) in [7, 11) is 1.57. The SMILES string of the molecule is Cn1c(COC(=O)c2ccc([N+](=O)[O-])cc2)cnc1C(=O)c1ccc([N+](=O)[O-])cc1. The summed E-state index contributed by atoms with van der Waals surface area (Å²) in [6, 6.07) is 10.1. The van der Waals surface area contributed by atoms with Gasteiger partial charge in [-0.05, 0) is 24.3 Å². The van der Waals surface area contributed by atoms with Crippen molar-refractivity contribution < 1.29 is 24.2 Å². The number of hydrogen-bond donors (Lipinski definition) is 0. The van der Waals surface area contributed by atoms with Crippen LogP contribution in [0.2, 0.25) is 0 Å². The number of esters is 1. The molecule has 0 radical (unpaired) electrons. The molecular weight excluding hydrogens is 396 g/mol. The van der Waals surface area contributed by atoms with E-state index in [0.29, 0.717) is 5.69 Å². The molecule has 0 saturated carbocycles. The molecule has 0 bridgehead atoms. The van der Waals surface area contributed by atoms with E-state index >= 15 is 0 Å². The molecule has 1 heterocycles. The fourth-order valence-electron chi connectivity index (χ4n) is 2.60. The van der Waals surface area contributed by atoms with Crippen LogP contribution in [0.4, 0.5) is 11.4 Å². The maximum atomic E-state index is 12.6. The van der Waals surface area contributed by atoms with Crippen LogP contribution in [0.25, 0.3) is 0 Å². The molecule has 3 rings (SSSR count). The van der Waals surface area contributed by atoms with E-state index in [1.165, 1.54) is 59.3 Å². The molecule has 11 nitrogen and oxygen atoms in total. The summed E-state index contributed by atoms with van der Waals surface area (Å²) in [5, 5.41) is 21.4. The second-order valence-electron chi connectivity index (χ2n) is 6.15. The van der Waals surface area contributed by atoms with Crippen LogP contribution < -0.4 is 0 Å². The Hall–Kier alpha value is -4.41. The number of nitro benzene ring substituents is 2. The number of ketones is 1. The molecule has 0 fully saturated rings. The van der Waals surface area contributed by atoms with E-state index in [-0.39, 0.29) is 34.9 Å². The first kappa shape index (κ1) is 20.3. The third-order valence-corrected chi connectivity index (χ3v) is 4.29. The molecule has 2 aromatic carbocycles. The van der Waals surface area contributed by atoms with Gasteiger partial charge in [-0.25, -0.2) is 9.78 Å². The van der Waals surface area contributed by atoms with Crippen LogP contribution >= 0.6 is 0 Å². The molecule has 0 N–H and O–H groups in total. The van der Waals surface area contributed by atoms with Crippen LogP contribution in [0.15, 0.2) is 54.7 Å². The van der Waals surface area contributed by atoms with Crippen LogP contribution in [0, 0.1) is 20.2 Å². The van der Waals surface area contributed by atoms with E-state index in [2.05, 4.69) is 4.98 Å². The highest BCUT2D eigenvalue weighted by molar-refractivity contribution is 6.06. The summed E-state index contributed by atoms with van der Waals surface area (Å²) in [6.45, 7) is -0.174. The van der Waals surface area contributed by atoms with Gasteiger partial charge in [-0.2, -0.15) is 0 Å². The van der Waals surface area contributed by atoms with Gasteiger partial charge in [0.1, 0.15) is 6.61 Å². The van der Waals surface area contributed by atoms with E-state index < -0.39 is 21.6 Å². The number of aromatic nitrogens is 2. The molecule has 1 aromatic heterocycles. The van der Waals surface area contributed by atoms with Gasteiger partial charge in [0, 0.05) is 36.9 Å². The summed E-state index contributed by atoms with van der Waals surface area (Å²) in [4.78, 5) is 49.0. The van der Waals surface area contributed by atoms with Crippen LogP contribution in [0.3, 0.4) is 0 Å². The Morgan fingerprint density at radius 3 is 1.93 bits per heavy atom. The first-order chi connectivity index (χ1) is 14.3.